The van der Waals surface area contributed by atoms with Crippen LogP contribution in [0, 0.1) is 0 Å². The first-order chi connectivity index (χ1) is 8.29. The van der Waals surface area contributed by atoms with Crippen LogP contribution in [0.15, 0.2) is 47.0 Å². The summed E-state index contributed by atoms with van der Waals surface area (Å²) in [6.07, 6.45) is 6.90. The number of pyridine rings is 1. The molecule has 0 spiro atoms. The molecule has 2 heterocycles. The smallest absolute Gasteiger partial charge is 0.121 e. The first kappa shape index (κ1) is 12.0. The molecule has 0 bridgehead atoms. The number of nitrogens with zero attached hydrogens (tertiary/aromatic N) is 3. The van der Waals surface area contributed by atoms with Crippen molar-refractivity contribution in [3.8, 4) is 0 Å². The van der Waals surface area contributed by atoms with Crippen molar-refractivity contribution in [2.24, 2.45) is 0 Å². The van der Waals surface area contributed by atoms with E-state index in [0.29, 0.717) is 6.04 Å². The third kappa shape index (κ3) is 3.25. The fourth-order valence-electron chi connectivity index (χ4n) is 1.36. The van der Waals surface area contributed by atoms with Crippen LogP contribution in [0.5, 0.6) is 0 Å². The Balaban J connectivity index is 2.17. The quantitative estimate of drug-likeness (QED) is 0.897. The van der Waals surface area contributed by atoms with Gasteiger partial charge in [0.1, 0.15) is 10.1 Å². The highest BCUT2D eigenvalue weighted by Gasteiger charge is 2.05. The second-order valence-electron chi connectivity index (χ2n) is 3.58. The van der Waals surface area contributed by atoms with Crippen LogP contribution in [-0.2, 0) is 0 Å². The van der Waals surface area contributed by atoms with Gasteiger partial charge < -0.3 is 5.32 Å². The molecule has 2 rings (SSSR count). The van der Waals surface area contributed by atoms with Crippen molar-refractivity contribution >= 4 is 11.8 Å². The van der Waals surface area contributed by atoms with Crippen molar-refractivity contribution in [1.29, 1.82) is 0 Å². The Labute approximate surface area is 105 Å². The molecule has 4 nitrogen and oxygen atoms in total. The van der Waals surface area contributed by atoms with Gasteiger partial charge in [-0.2, -0.15) is 0 Å². The molecule has 5 heteroatoms. The molecule has 0 aliphatic rings. The number of hydrogen-bond acceptors (Lipinski definition) is 5. The maximum atomic E-state index is 4.32. The lowest BCUT2D eigenvalue weighted by atomic mass is 10.1. The third-order valence-electron chi connectivity index (χ3n) is 2.44. The minimum Gasteiger partial charge on any atom is -0.313 e. The predicted octanol–water partition coefficient (Wildman–Crippen LogP) is 2.30. The van der Waals surface area contributed by atoms with E-state index >= 15 is 0 Å². The van der Waals surface area contributed by atoms with Gasteiger partial charge in [0.25, 0.3) is 0 Å². The largest absolute Gasteiger partial charge is 0.313 e. The van der Waals surface area contributed by atoms with Crippen molar-refractivity contribution < 1.29 is 0 Å². The highest BCUT2D eigenvalue weighted by Crippen LogP contribution is 2.25. The Morgan fingerprint density at radius 1 is 1.18 bits per heavy atom. The average Bonchev–Trinajstić information content (AvgIpc) is 2.39. The number of rotatable bonds is 4. The van der Waals surface area contributed by atoms with E-state index in [1.807, 2.05) is 19.3 Å². The van der Waals surface area contributed by atoms with Crippen LogP contribution in [0.1, 0.15) is 18.5 Å². The highest BCUT2D eigenvalue weighted by molar-refractivity contribution is 7.99. The van der Waals surface area contributed by atoms with Gasteiger partial charge in [0.15, 0.2) is 0 Å². The molecule has 1 atom stereocenters. The summed E-state index contributed by atoms with van der Waals surface area (Å²) in [5, 5.41) is 5.00. The summed E-state index contributed by atoms with van der Waals surface area (Å²) in [7, 11) is 1.95. The SMILES string of the molecule is CNC(C)c1ccnc(Sc2cnccn2)c1. The summed E-state index contributed by atoms with van der Waals surface area (Å²) in [5.74, 6) is 0. The van der Waals surface area contributed by atoms with Crippen molar-refractivity contribution in [2.45, 2.75) is 23.0 Å². The molecule has 0 radical (unpaired) electrons. The second-order valence-corrected chi connectivity index (χ2v) is 4.62. The molecule has 1 unspecified atom stereocenters. The van der Waals surface area contributed by atoms with Gasteiger partial charge in [-0.05, 0) is 43.4 Å². The fourth-order valence-corrected chi connectivity index (χ4v) is 2.11. The van der Waals surface area contributed by atoms with E-state index in [0.717, 1.165) is 10.1 Å². The molecule has 0 fully saturated rings. The fraction of sp³-hybridized carbons (Fsp3) is 0.250. The molecule has 0 saturated carbocycles. The Hall–Kier alpha value is -1.46. The minimum atomic E-state index is 0.319. The van der Waals surface area contributed by atoms with Crippen LogP contribution < -0.4 is 5.32 Å². The van der Waals surface area contributed by atoms with Crippen LogP contribution in [0.3, 0.4) is 0 Å². The van der Waals surface area contributed by atoms with E-state index in [1.165, 1.54) is 17.3 Å². The number of hydrogen-bond donors (Lipinski definition) is 1. The first-order valence-corrected chi connectivity index (χ1v) is 6.18. The molecule has 2 aromatic heterocycles. The Morgan fingerprint density at radius 3 is 2.71 bits per heavy atom. The molecule has 0 amide bonds. The minimum absolute atomic E-state index is 0.319. The third-order valence-corrected chi connectivity index (χ3v) is 3.29. The van der Waals surface area contributed by atoms with E-state index in [-0.39, 0.29) is 0 Å². The van der Waals surface area contributed by atoms with Gasteiger partial charge in [-0.15, -0.1) is 0 Å². The maximum Gasteiger partial charge on any atom is 0.121 e. The highest BCUT2D eigenvalue weighted by atomic mass is 32.2. The molecule has 1 N–H and O–H groups in total. The zero-order valence-electron chi connectivity index (χ0n) is 9.79. The van der Waals surface area contributed by atoms with E-state index in [2.05, 4.69) is 33.3 Å². The topological polar surface area (TPSA) is 50.7 Å². The molecular formula is C12H14N4S. The van der Waals surface area contributed by atoms with Crippen molar-refractivity contribution in [3.05, 3.63) is 42.5 Å². The zero-order chi connectivity index (χ0) is 12.1. The molecule has 0 aromatic carbocycles. The molecule has 2 aromatic rings. The Bertz CT molecular complexity index is 475. The van der Waals surface area contributed by atoms with Crippen LogP contribution >= 0.6 is 11.8 Å². The Kier molecular flexibility index (Phi) is 4.06. The van der Waals surface area contributed by atoms with Gasteiger partial charge in [-0.3, -0.25) is 4.98 Å². The number of aromatic nitrogens is 3. The summed E-state index contributed by atoms with van der Waals surface area (Å²) in [6, 6.07) is 4.40. The lowest BCUT2D eigenvalue weighted by molar-refractivity contribution is 0.649. The van der Waals surface area contributed by atoms with Crippen molar-refractivity contribution in [3.63, 3.8) is 0 Å². The summed E-state index contributed by atoms with van der Waals surface area (Å²) in [5.41, 5.74) is 1.22. The van der Waals surface area contributed by atoms with Gasteiger partial charge in [0.05, 0.1) is 6.20 Å². The van der Waals surface area contributed by atoms with Crippen LogP contribution in [-0.4, -0.2) is 22.0 Å². The lowest BCUT2D eigenvalue weighted by Crippen LogP contribution is -2.12. The number of nitrogens with one attached hydrogen (secondary N) is 1. The lowest BCUT2D eigenvalue weighted by Gasteiger charge is -2.10. The molecule has 0 saturated heterocycles. The van der Waals surface area contributed by atoms with E-state index < -0.39 is 0 Å². The maximum absolute atomic E-state index is 4.32. The van der Waals surface area contributed by atoms with Gasteiger partial charge >= 0.3 is 0 Å². The van der Waals surface area contributed by atoms with Crippen LogP contribution in [0.25, 0.3) is 0 Å². The van der Waals surface area contributed by atoms with Crippen LogP contribution in [0.2, 0.25) is 0 Å². The standard InChI is InChI=1S/C12H14N4S/c1-9(13-2)10-3-4-15-11(7-10)17-12-8-14-5-6-16-12/h3-9,13H,1-2H3. The molecule has 0 aliphatic carbocycles. The summed E-state index contributed by atoms with van der Waals surface area (Å²) in [6.45, 7) is 2.12. The van der Waals surface area contributed by atoms with Crippen molar-refractivity contribution in [2.75, 3.05) is 7.05 Å². The van der Waals surface area contributed by atoms with Crippen molar-refractivity contribution in [1.82, 2.24) is 20.3 Å². The van der Waals surface area contributed by atoms with E-state index in [1.54, 1.807) is 18.6 Å². The molecule has 88 valence electrons. The zero-order valence-corrected chi connectivity index (χ0v) is 10.6. The predicted molar refractivity (Wildman–Crippen MR) is 67.9 cm³/mol. The summed E-state index contributed by atoms with van der Waals surface area (Å²) in [4.78, 5) is 12.6. The average molecular weight is 246 g/mol. The Morgan fingerprint density at radius 2 is 2.00 bits per heavy atom. The molecular weight excluding hydrogens is 232 g/mol. The summed E-state index contributed by atoms with van der Waals surface area (Å²) < 4.78 is 0. The second kappa shape index (κ2) is 5.75. The first-order valence-electron chi connectivity index (χ1n) is 5.36. The summed E-state index contributed by atoms with van der Waals surface area (Å²) >= 11 is 1.52. The van der Waals surface area contributed by atoms with E-state index in [9.17, 15) is 0 Å². The molecule has 0 aliphatic heterocycles. The van der Waals surface area contributed by atoms with E-state index in [4.69, 9.17) is 0 Å². The van der Waals surface area contributed by atoms with Gasteiger partial charge in [0.2, 0.25) is 0 Å². The molecule has 17 heavy (non-hydrogen) atoms. The van der Waals surface area contributed by atoms with Gasteiger partial charge in [-0.1, -0.05) is 0 Å². The van der Waals surface area contributed by atoms with Crippen LogP contribution in [0.4, 0.5) is 0 Å². The normalized spacial score (nSPS) is 12.4. The van der Waals surface area contributed by atoms with Gasteiger partial charge in [-0.25, -0.2) is 9.97 Å². The monoisotopic (exact) mass is 246 g/mol. The van der Waals surface area contributed by atoms with Gasteiger partial charge in [0, 0.05) is 24.6 Å².